The number of hydrogen-bond acceptors (Lipinski definition) is 2. The van der Waals surface area contributed by atoms with E-state index < -0.39 is 0 Å². The van der Waals surface area contributed by atoms with Gasteiger partial charge in [0, 0.05) is 36.7 Å². The van der Waals surface area contributed by atoms with Gasteiger partial charge in [0.2, 0.25) is 0 Å². The van der Waals surface area contributed by atoms with E-state index in [1.165, 1.54) is 22.9 Å². The molecule has 1 heterocycles. The van der Waals surface area contributed by atoms with Crippen molar-refractivity contribution in [2.75, 3.05) is 13.6 Å². The molecule has 6 heteroatoms. The van der Waals surface area contributed by atoms with Gasteiger partial charge >= 0.3 is 0 Å². The van der Waals surface area contributed by atoms with Gasteiger partial charge < -0.3 is 10.6 Å². The van der Waals surface area contributed by atoms with Gasteiger partial charge in [-0.25, -0.2) is 0 Å². The molecule has 0 amide bonds. The number of hydrogen-bond donors (Lipinski definition) is 2. The SMILES string of the molecule is CN=C(NCc1ccnn1C)NCC1(c2ccccc2Br)CC1. The normalized spacial score (nSPS) is 16.2. The van der Waals surface area contributed by atoms with Gasteiger partial charge in [0.15, 0.2) is 5.96 Å². The summed E-state index contributed by atoms with van der Waals surface area (Å²) in [6.45, 7) is 1.60. The van der Waals surface area contributed by atoms with E-state index in [0.29, 0.717) is 6.54 Å². The molecule has 1 aromatic heterocycles. The maximum atomic E-state index is 4.32. The fourth-order valence-electron chi connectivity index (χ4n) is 2.81. The monoisotopic (exact) mass is 375 g/mol. The van der Waals surface area contributed by atoms with Crippen molar-refractivity contribution in [3.8, 4) is 0 Å². The third-order valence-electron chi connectivity index (χ3n) is 4.48. The van der Waals surface area contributed by atoms with E-state index in [1.807, 2.05) is 17.8 Å². The number of halogens is 1. The summed E-state index contributed by atoms with van der Waals surface area (Å²) in [5.41, 5.74) is 2.74. The molecule has 2 N–H and O–H groups in total. The fraction of sp³-hybridized carbons (Fsp3) is 0.412. The van der Waals surface area contributed by atoms with E-state index in [2.05, 4.69) is 60.9 Å². The molecule has 1 aliphatic rings. The van der Waals surface area contributed by atoms with Crippen molar-refractivity contribution in [3.05, 3.63) is 52.3 Å². The van der Waals surface area contributed by atoms with Crippen LogP contribution in [0, 0.1) is 0 Å². The molecule has 0 saturated heterocycles. The fourth-order valence-corrected chi connectivity index (χ4v) is 3.51. The molecule has 0 aliphatic heterocycles. The van der Waals surface area contributed by atoms with Crippen molar-refractivity contribution in [2.45, 2.75) is 24.8 Å². The molecule has 1 saturated carbocycles. The highest BCUT2D eigenvalue weighted by Crippen LogP contribution is 2.49. The van der Waals surface area contributed by atoms with Crippen LogP contribution in [0.5, 0.6) is 0 Å². The minimum absolute atomic E-state index is 0.226. The van der Waals surface area contributed by atoms with Gasteiger partial charge in [0.05, 0.1) is 12.2 Å². The summed E-state index contributed by atoms with van der Waals surface area (Å²) >= 11 is 3.68. The van der Waals surface area contributed by atoms with Crippen molar-refractivity contribution in [3.63, 3.8) is 0 Å². The maximum absolute atomic E-state index is 4.32. The van der Waals surface area contributed by atoms with Crippen LogP contribution in [0.15, 0.2) is 46.0 Å². The average Bonchev–Trinajstić information content (AvgIpc) is 3.23. The minimum atomic E-state index is 0.226. The summed E-state index contributed by atoms with van der Waals surface area (Å²) in [7, 11) is 3.75. The minimum Gasteiger partial charge on any atom is -0.356 e. The second-order valence-electron chi connectivity index (χ2n) is 5.99. The van der Waals surface area contributed by atoms with Crippen LogP contribution < -0.4 is 10.6 Å². The second-order valence-corrected chi connectivity index (χ2v) is 6.84. The average molecular weight is 376 g/mol. The molecule has 0 radical (unpaired) electrons. The Labute approximate surface area is 145 Å². The second kappa shape index (κ2) is 6.74. The van der Waals surface area contributed by atoms with Gasteiger partial charge in [0.1, 0.15) is 0 Å². The zero-order valence-electron chi connectivity index (χ0n) is 13.5. The third kappa shape index (κ3) is 3.58. The molecule has 0 spiro atoms. The highest BCUT2D eigenvalue weighted by atomic mass is 79.9. The van der Waals surface area contributed by atoms with Crippen LogP contribution in [-0.4, -0.2) is 29.3 Å². The zero-order chi connectivity index (χ0) is 16.3. The van der Waals surface area contributed by atoms with E-state index in [1.54, 1.807) is 13.2 Å². The molecule has 0 unspecified atom stereocenters. The molecule has 1 aliphatic carbocycles. The van der Waals surface area contributed by atoms with Crippen molar-refractivity contribution in [2.24, 2.45) is 12.0 Å². The number of aromatic nitrogens is 2. The van der Waals surface area contributed by atoms with E-state index >= 15 is 0 Å². The smallest absolute Gasteiger partial charge is 0.191 e. The van der Waals surface area contributed by atoms with Crippen LogP contribution in [0.1, 0.15) is 24.1 Å². The topological polar surface area (TPSA) is 54.2 Å². The lowest BCUT2D eigenvalue weighted by atomic mass is 9.96. The standard InChI is InChI=1S/C17H22BrN5/c1-19-16(20-11-13-7-10-22-23(13)2)21-12-17(8-9-17)14-5-3-4-6-15(14)18/h3-7,10H,8-9,11-12H2,1-2H3,(H2,19,20,21). The first-order valence-electron chi connectivity index (χ1n) is 7.81. The number of rotatable bonds is 5. The summed E-state index contributed by atoms with van der Waals surface area (Å²) in [4.78, 5) is 4.32. The van der Waals surface area contributed by atoms with E-state index in [4.69, 9.17) is 0 Å². The van der Waals surface area contributed by atoms with E-state index in [-0.39, 0.29) is 5.41 Å². The Kier molecular flexibility index (Phi) is 4.71. The van der Waals surface area contributed by atoms with Crippen molar-refractivity contribution >= 4 is 21.9 Å². The van der Waals surface area contributed by atoms with E-state index in [0.717, 1.165) is 18.2 Å². The lowest BCUT2D eigenvalue weighted by Crippen LogP contribution is -2.41. The quantitative estimate of drug-likeness (QED) is 0.623. The molecule has 1 fully saturated rings. The summed E-state index contributed by atoms with van der Waals surface area (Å²) in [5, 5.41) is 11.0. The van der Waals surface area contributed by atoms with Crippen molar-refractivity contribution in [1.29, 1.82) is 0 Å². The van der Waals surface area contributed by atoms with Gasteiger partial charge in [0.25, 0.3) is 0 Å². The number of aliphatic imine (C=N–C) groups is 1. The molecular formula is C17H22BrN5. The summed E-state index contributed by atoms with van der Waals surface area (Å²) in [6.07, 6.45) is 4.22. The molecule has 23 heavy (non-hydrogen) atoms. The van der Waals surface area contributed by atoms with Crippen LogP contribution in [0.2, 0.25) is 0 Å². The van der Waals surface area contributed by atoms with Gasteiger partial charge in [-0.15, -0.1) is 0 Å². The third-order valence-corrected chi connectivity index (χ3v) is 5.17. The van der Waals surface area contributed by atoms with Gasteiger partial charge in [-0.3, -0.25) is 9.67 Å². The van der Waals surface area contributed by atoms with Crippen molar-refractivity contribution in [1.82, 2.24) is 20.4 Å². The van der Waals surface area contributed by atoms with Crippen molar-refractivity contribution < 1.29 is 0 Å². The number of guanidine groups is 1. The predicted molar refractivity (Wildman–Crippen MR) is 96.5 cm³/mol. The molecule has 3 rings (SSSR count). The Morgan fingerprint density at radius 3 is 2.70 bits per heavy atom. The molecule has 1 aromatic carbocycles. The molecule has 0 bridgehead atoms. The highest BCUT2D eigenvalue weighted by molar-refractivity contribution is 9.10. The summed E-state index contributed by atoms with van der Waals surface area (Å²) in [5.74, 6) is 0.824. The summed E-state index contributed by atoms with van der Waals surface area (Å²) < 4.78 is 3.06. The van der Waals surface area contributed by atoms with E-state index in [9.17, 15) is 0 Å². The Morgan fingerprint density at radius 1 is 1.30 bits per heavy atom. The van der Waals surface area contributed by atoms with Crippen LogP contribution in [0.3, 0.4) is 0 Å². The molecular weight excluding hydrogens is 354 g/mol. The zero-order valence-corrected chi connectivity index (χ0v) is 15.1. The Balaban J connectivity index is 1.58. The Hall–Kier alpha value is -1.82. The summed E-state index contributed by atoms with van der Waals surface area (Å²) in [6, 6.07) is 10.5. The lowest BCUT2D eigenvalue weighted by molar-refractivity contribution is 0.635. The van der Waals surface area contributed by atoms with Crippen LogP contribution >= 0.6 is 15.9 Å². The number of nitrogens with zero attached hydrogens (tertiary/aromatic N) is 3. The molecule has 2 aromatic rings. The first-order valence-corrected chi connectivity index (χ1v) is 8.60. The van der Waals surface area contributed by atoms with Gasteiger partial charge in [-0.2, -0.15) is 5.10 Å². The predicted octanol–water partition coefficient (Wildman–Crippen LogP) is 2.58. The molecule has 0 atom stereocenters. The number of aryl methyl sites for hydroxylation is 1. The molecule has 5 nitrogen and oxygen atoms in total. The largest absolute Gasteiger partial charge is 0.356 e. The highest BCUT2D eigenvalue weighted by Gasteiger charge is 2.45. The first-order chi connectivity index (χ1) is 11.1. The van der Waals surface area contributed by atoms with Crippen LogP contribution in [0.4, 0.5) is 0 Å². The number of nitrogens with one attached hydrogen (secondary N) is 2. The Morgan fingerprint density at radius 2 is 2.09 bits per heavy atom. The first kappa shape index (κ1) is 16.1. The maximum Gasteiger partial charge on any atom is 0.191 e. The van der Waals surface area contributed by atoms with Crippen LogP contribution in [0.25, 0.3) is 0 Å². The lowest BCUT2D eigenvalue weighted by Gasteiger charge is -2.20. The number of benzene rings is 1. The van der Waals surface area contributed by atoms with Gasteiger partial charge in [-0.05, 0) is 30.5 Å². The Bertz CT molecular complexity index is 703. The van der Waals surface area contributed by atoms with Gasteiger partial charge in [-0.1, -0.05) is 34.1 Å². The van der Waals surface area contributed by atoms with Crippen LogP contribution in [-0.2, 0) is 19.0 Å². The molecule has 122 valence electrons.